The minimum atomic E-state index is -0.268. The van der Waals surface area contributed by atoms with Crippen molar-refractivity contribution < 1.29 is 13.9 Å². The van der Waals surface area contributed by atoms with E-state index in [2.05, 4.69) is 22.4 Å². The second-order valence-corrected chi connectivity index (χ2v) is 8.44. The minimum Gasteiger partial charge on any atom is -0.491 e. The maximum absolute atomic E-state index is 14.0. The van der Waals surface area contributed by atoms with Crippen LogP contribution in [-0.4, -0.2) is 17.0 Å². The van der Waals surface area contributed by atoms with E-state index in [9.17, 15) is 9.18 Å². The lowest BCUT2D eigenvalue weighted by molar-refractivity contribution is 0.0966. The molecule has 2 N–H and O–H groups in total. The molecule has 2 heterocycles. The molecule has 0 bridgehead atoms. The molecule has 3 aromatic carbocycles. The number of nitrogens with one attached hydrogen (secondary N) is 2. The van der Waals surface area contributed by atoms with Crippen LogP contribution in [-0.2, 0) is 19.4 Å². The number of rotatable bonds is 2. The molecule has 0 radical (unpaired) electrons. The van der Waals surface area contributed by atoms with E-state index < -0.39 is 0 Å². The fourth-order valence-electron chi connectivity index (χ4n) is 5.11. The summed E-state index contributed by atoms with van der Waals surface area (Å²) in [5, 5.41) is 4.81. The summed E-state index contributed by atoms with van der Waals surface area (Å²) in [7, 11) is 0. The summed E-state index contributed by atoms with van der Waals surface area (Å²) in [4.78, 5) is 16.4. The van der Waals surface area contributed by atoms with E-state index in [4.69, 9.17) is 4.74 Å². The molecule has 4 nitrogen and oxygen atoms in total. The quantitative estimate of drug-likeness (QED) is 0.482. The summed E-state index contributed by atoms with van der Waals surface area (Å²) in [6.45, 7) is 4.49. The van der Waals surface area contributed by atoms with E-state index in [0.29, 0.717) is 6.54 Å². The third-order valence-corrected chi connectivity index (χ3v) is 6.23. The Kier molecular flexibility index (Phi) is 3.55. The Bertz CT molecular complexity index is 1380. The number of ether oxygens (including phenoxy) is 1. The first-order valence-electron chi connectivity index (χ1n) is 10.4. The van der Waals surface area contributed by atoms with Gasteiger partial charge in [0.05, 0.1) is 17.2 Å². The highest BCUT2D eigenvalue weighted by atomic mass is 19.1. The van der Waals surface area contributed by atoms with E-state index in [1.54, 1.807) is 12.1 Å². The van der Waals surface area contributed by atoms with Crippen molar-refractivity contribution >= 4 is 27.7 Å². The summed E-state index contributed by atoms with van der Waals surface area (Å²) < 4.78 is 19.9. The fourth-order valence-corrected chi connectivity index (χ4v) is 5.11. The third kappa shape index (κ3) is 2.35. The molecule has 0 unspecified atom stereocenters. The largest absolute Gasteiger partial charge is 0.491 e. The summed E-state index contributed by atoms with van der Waals surface area (Å²) in [6, 6.07) is 11.0. The van der Waals surface area contributed by atoms with Crippen molar-refractivity contribution in [2.24, 2.45) is 0 Å². The Labute approximate surface area is 173 Å². The van der Waals surface area contributed by atoms with Gasteiger partial charge in [-0.15, -0.1) is 0 Å². The molecule has 0 spiro atoms. The number of amides is 1. The first kappa shape index (κ1) is 17.5. The van der Waals surface area contributed by atoms with Gasteiger partial charge in [-0.25, -0.2) is 4.39 Å². The number of fused-ring (bicyclic) bond motifs is 10. The summed E-state index contributed by atoms with van der Waals surface area (Å²) in [5.41, 5.74) is 8.06. The van der Waals surface area contributed by atoms with Gasteiger partial charge in [0.1, 0.15) is 11.6 Å². The molecule has 0 saturated carbocycles. The number of aryl methyl sites for hydroxylation is 2. The van der Waals surface area contributed by atoms with Gasteiger partial charge >= 0.3 is 0 Å². The van der Waals surface area contributed by atoms with Crippen LogP contribution in [0.4, 0.5) is 4.39 Å². The minimum absolute atomic E-state index is 0.0516. The number of hydrogen-bond donors (Lipinski definition) is 2. The molecule has 0 saturated heterocycles. The number of aromatic nitrogens is 1. The number of carbonyl (C=O) groups is 1. The lowest BCUT2D eigenvalue weighted by Gasteiger charge is -2.24. The van der Waals surface area contributed by atoms with Crippen LogP contribution in [0, 0.1) is 5.82 Å². The second kappa shape index (κ2) is 6.08. The normalized spacial score (nSPS) is 14.7. The van der Waals surface area contributed by atoms with E-state index in [-0.39, 0.29) is 17.8 Å². The highest BCUT2D eigenvalue weighted by molar-refractivity contribution is 6.19. The molecule has 4 aromatic rings. The van der Waals surface area contributed by atoms with Gasteiger partial charge in [0.15, 0.2) is 0 Å². The van der Waals surface area contributed by atoms with E-state index in [1.807, 2.05) is 19.9 Å². The number of halogens is 1. The molecule has 150 valence electrons. The number of carbonyl (C=O) groups excluding carboxylic acids is 1. The van der Waals surface area contributed by atoms with Gasteiger partial charge in [0.2, 0.25) is 0 Å². The van der Waals surface area contributed by atoms with Crippen molar-refractivity contribution in [2.75, 3.05) is 0 Å². The molecule has 1 aromatic heterocycles. The molecule has 5 heteroatoms. The highest BCUT2D eigenvalue weighted by Gasteiger charge is 2.33. The average Bonchev–Trinajstić information content (AvgIpc) is 3.27. The van der Waals surface area contributed by atoms with Gasteiger partial charge in [0, 0.05) is 28.4 Å². The van der Waals surface area contributed by atoms with Gasteiger partial charge < -0.3 is 15.0 Å². The lowest BCUT2D eigenvalue weighted by Crippen LogP contribution is -2.15. The Balaban J connectivity index is 1.69. The van der Waals surface area contributed by atoms with Crippen LogP contribution in [0.1, 0.15) is 40.9 Å². The molecule has 1 aliphatic carbocycles. The highest BCUT2D eigenvalue weighted by Crippen LogP contribution is 2.46. The van der Waals surface area contributed by atoms with Crippen LogP contribution in [0.2, 0.25) is 0 Å². The van der Waals surface area contributed by atoms with Gasteiger partial charge in [-0.3, -0.25) is 4.79 Å². The van der Waals surface area contributed by atoms with Crippen LogP contribution < -0.4 is 10.1 Å². The number of benzene rings is 3. The van der Waals surface area contributed by atoms with Crippen molar-refractivity contribution in [1.29, 1.82) is 0 Å². The molecule has 30 heavy (non-hydrogen) atoms. The van der Waals surface area contributed by atoms with Crippen molar-refractivity contribution in [3.63, 3.8) is 0 Å². The zero-order valence-corrected chi connectivity index (χ0v) is 16.9. The number of H-pyrrole nitrogens is 1. The van der Waals surface area contributed by atoms with Gasteiger partial charge in [-0.1, -0.05) is 6.07 Å². The lowest BCUT2D eigenvalue weighted by atomic mass is 9.80. The number of aromatic amines is 1. The Morgan fingerprint density at radius 2 is 1.90 bits per heavy atom. The average molecular weight is 400 g/mol. The van der Waals surface area contributed by atoms with Crippen LogP contribution >= 0.6 is 0 Å². The third-order valence-electron chi connectivity index (χ3n) is 6.23. The molecule has 2 aliphatic rings. The van der Waals surface area contributed by atoms with Crippen LogP contribution in [0.5, 0.6) is 5.75 Å². The van der Waals surface area contributed by atoms with Gasteiger partial charge in [-0.2, -0.15) is 0 Å². The number of hydrogen-bond acceptors (Lipinski definition) is 2. The predicted molar refractivity (Wildman–Crippen MR) is 116 cm³/mol. The zero-order valence-electron chi connectivity index (χ0n) is 16.9. The molecular formula is C25H21FN2O2. The molecular weight excluding hydrogens is 379 g/mol. The molecule has 1 aliphatic heterocycles. The van der Waals surface area contributed by atoms with Crippen LogP contribution in [0.3, 0.4) is 0 Å². The van der Waals surface area contributed by atoms with Gasteiger partial charge in [-0.05, 0) is 79.3 Å². The van der Waals surface area contributed by atoms with Crippen molar-refractivity contribution in [3.05, 3.63) is 64.5 Å². The summed E-state index contributed by atoms with van der Waals surface area (Å²) in [5.74, 6) is 0.537. The summed E-state index contributed by atoms with van der Waals surface area (Å²) >= 11 is 0. The predicted octanol–water partition coefficient (Wildman–Crippen LogP) is 5.26. The van der Waals surface area contributed by atoms with Crippen LogP contribution in [0.15, 0.2) is 36.4 Å². The van der Waals surface area contributed by atoms with E-state index >= 15 is 0 Å². The van der Waals surface area contributed by atoms with Crippen molar-refractivity contribution in [2.45, 2.75) is 39.3 Å². The maximum atomic E-state index is 14.0. The Hall–Kier alpha value is -3.34. The van der Waals surface area contributed by atoms with E-state index in [0.717, 1.165) is 68.2 Å². The fraction of sp³-hybridized carbons (Fsp3) is 0.240. The maximum Gasteiger partial charge on any atom is 0.252 e. The SMILES string of the molecule is CC(C)Oc1ccc2c(c1)CCc1c-2c2c(c3c1[nH]c1ccc(F)cc13)CNC2=O. The first-order chi connectivity index (χ1) is 14.5. The molecule has 6 rings (SSSR count). The molecule has 1 amide bonds. The Morgan fingerprint density at radius 3 is 2.73 bits per heavy atom. The molecule has 0 fully saturated rings. The monoisotopic (exact) mass is 400 g/mol. The molecule has 0 atom stereocenters. The summed E-state index contributed by atoms with van der Waals surface area (Å²) in [6.07, 6.45) is 1.80. The second-order valence-electron chi connectivity index (χ2n) is 8.44. The van der Waals surface area contributed by atoms with Crippen molar-refractivity contribution in [1.82, 2.24) is 10.3 Å². The van der Waals surface area contributed by atoms with E-state index in [1.165, 1.54) is 11.6 Å². The Morgan fingerprint density at radius 1 is 1.03 bits per heavy atom. The first-order valence-corrected chi connectivity index (χ1v) is 10.4. The van der Waals surface area contributed by atoms with Crippen molar-refractivity contribution in [3.8, 4) is 16.9 Å². The zero-order chi connectivity index (χ0) is 20.6. The standard InChI is InChI=1S/C25H21FN2O2/c1-12(2)30-15-5-7-16-13(9-15)3-6-17-21(16)23-19(11-27-25(23)29)22-18-10-14(26)4-8-20(18)28-24(17)22/h4-5,7-10,12,28H,3,6,11H2,1-2H3,(H,27,29). The smallest absolute Gasteiger partial charge is 0.252 e. The van der Waals surface area contributed by atoms with Gasteiger partial charge in [0.25, 0.3) is 5.91 Å². The topological polar surface area (TPSA) is 54.1 Å². The van der Waals surface area contributed by atoms with Crippen LogP contribution in [0.25, 0.3) is 32.9 Å².